The normalized spacial score (nSPS) is 14.4. The Morgan fingerprint density at radius 2 is 1.92 bits per heavy atom. The van der Waals surface area contributed by atoms with Crippen LogP contribution >= 0.6 is 11.2 Å². The highest BCUT2D eigenvalue weighted by Gasteiger charge is 2.27. The molecule has 25 heavy (non-hydrogen) atoms. The minimum atomic E-state index is -5.27. The third-order valence-corrected chi connectivity index (χ3v) is 4.86. The lowest BCUT2D eigenvalue weighted by molar-refractivity contribution is 0.0599. The molecule has 0 spiro atoms. The molecular formula is C17H16F3NO3S. The lowest BCUT2D eigenvalue weighted by Gasteiger charge is -2.24. The van der Waals surface area contributed by atoms with Crippen molar-refractivity contribution < 1.29 is 25.9 Å². The SMILES string of the molecule is COC(=O)c1c(N)cc(-c2ccc(S(F)(F)F)cc2)c2c1CCCO2. The van der Waals surface area contributed by atoms with E-state index in [0.717, 1.165) is 18.6 Å². The summed E-state index contributed by atoms with van der Waals surface area (Å²) in [5, 5.41) is 0. The van der Waals surface area contributed by atoms with Crippen LogP contribution in [0.5, 0.6) is 5.75 Å². The number of ether oxygens (including phenoxy) is 2. The van der Waals surface area contributed by atoms with Crippen LogP contribution in [0, 0.1) is 0 Å². The maximum absolute atomic E-state index is 12.8. The average molecular weight is 371 g/mol. The van der Waals surface area contributed by atoms with Crippen LogP contribution in [0.2, 0.25) is 0 Å². The summed E-state index contributed by atoms with van der Waals surface area (Å²) >= 11 is -5.27. The van der Waals surface area contributed by atoms with E-state index in [-0.39, 0.29) is 11.3 Å². The first-order valence-electron chi connectivity index (χ1n) is 7.52. The van der Waals surface area contributed by atoms with Gasteiger partial charge in [-0.05, 0) is 36.6 Å². The molecule has 134 valence electrons. The zero-order valence-electron chi connectivity index (χ0n) is 13.4. The number of fused-ring (bicyclic) bond motifs is 1. The van der Waals surface area contributed by atoms with Crippen molar-refractivity contribution in [2.24, 2.45) is 0 Å². The quantitative estimate of drug-likeness (QED) is 0.618. The zero-order chi connectivity index (χ0) is 18.2. The molecular weight excluding hydrogens is 355 g/mol. The molecule has 0 bridgehead atoms. The molecule has 1 heterocycles. The molecule has 4 nitrogen and oxygen atoms in total. The first-order valence-corrected chi connectivity index (χ1v) is 8.85. The number of hydrogen-bond donors (Lipinski definition) is 1. The lowest BCUT2D eigenvalue weighted by atomic mass is 9.92. The fraction of sp³-hybridized carbons (Fsp3) is 0.235. The fourth-order valence-corrected chi connectivity index (χ4v) is 3.36. The predicted molar refractivity (Wildman–Crippen MR) is 90.6 cm³/mol. The van der Waals surface area contributed by atoms with Gasteiger partial charge in [0.1, 0.15) is 5.75 Å². The average Bonchev–Trinajstić information content (AvgIpc) is 2.60. The van der Waals surface area contributed by atoms with E-state index >= 15 is 0 Å². The van der Waals surface area contributed by atoms with E-state index in [1.165, 1.54) is 19.2 Å². The van der Waals surface area contributed by atoms with Crippen molar-refractivity contribution in [2.45, 2.75) is 17.7 Å². The molecule has 0 unspecified atom stereocenters. The molecule has 0 atom stereocenters. The van der Waals surface area contributed by atoms with E-state index < -0.39 is 22.1 Å². The van der Waals surface area contributed by atoms with Crippen molar-refractivity contribution in [3.63, 3.8) is 0 Å². The Balaban J connectivity index is 2.14. The monoisotopic (exact) mass is 371 g/mol. The summed E-state index contributed by atoms with van der Waals surface area (Å²) in [5.74, 6) is -0.0743. The Bertz CT molecular complexity index is 819. The summed E-state index contributed by atoms with van der Waals surface area (Å²) in [5.41, 5.74) is 8.27. The molecule has 8 heteroatoms. The number of nitrogen functional groups attached to an aromatic ring is 1. The van der Waals surface area contributed by atoms with E-state index in [4.69, 9.17) is 15.2 Å². The number of carbonyl (C=O) groups excluding carboxylic acids is 1. The van der Waals surface area contributed by atoms with Gasteiger partial charge < -0.3 is 15.2 Å². The number of esters is 1. The molecule has 0 fully saturated rings. The second kappa shape index (κ2) is 6.51. The highest BCUT2D eigenvalue weighted by molar-refractivity contribution is 8.20. The molecule has 0 aromatic heterocycles. The van der Waals surface area contributed by atoms with Crippen molar-refractivity contribution >= 4 is 22.8 Å². The molecule has 0 amide bonds. The van der Waals surface area contributed by atoms with Gasteiger partial charge in [0.2, 0.25) is 11.2 Å². The van der Waals surface area contributed by atoms with E-state index in [0.29, 0.717) is 35.5 Å². The van der Waals surface area contributed by atoms with Gasteiger partial charge in [0.05, 0.1) is 24.2 Å². The van der Waals surface area contributed by atoms with Gasteiger partial charge >= 0.3 is 5.97 Å². The molecule has 2 aromatic rings. The number of hydrogen-bond acceptors (Lipinski definition) is 4. The van der Waals surface area contributed by atoms with Gasteiger partial charge in [0.15, 0.2) is 0 Å². The van der Waals surface area contributed by atoms with Crippen LogP contribution in [-0.4, -0.2) is 19.7 Å². The van der Waals surface area contributed by atoms with Crippen LogP contribution in [0.3, 0.4) is 0 Å². The number of nitrogens with two attached hydrogens (primary N) is 1. The van der Waals surface area contributed by atoms with Gasteiger partial charge in [0, 0.05) is 16.8 Å². The van der Waals surface area contributed by atoms with Crippen LogP contribution in [0.15, 0.2) is 35.2 Å². The number of halogens is 3. The third kappa shape index (κ3) is 3.26. The molecule has 0 aliphatic carbocycles. The topological polar surface area (TPSA) is 61.5 Å². The molecule has 0 radical (unpaired) electrons. The van der Waals surface area contributed by atoms with Crippen molar-refractivity contribution in [2.75, 3.05) is 19.5 Å². The van der Waals surface area contributed by atoms with Gasteiger partial charge in [-0.25, -0.2) is 4.79 Å². The van der Waals surface area contributed by atoms with E-state index in [9.17, 15) is 16.5 Å². The number of anilines is 1. The first kappa shape index (κ1) is 17.5. The molecule has 2 aromatic carbocycles. The summed E-state index contributed by atoms with van der Waals surface area (Å²) < 4.78 is 49.0. The summed E-state index contributed by atoms with van der Waals surface area (Å²) in [4.78, 5) is 11.4. The maximum atomic E-state index is 12.8. The summed E-state index contributed by atoms with van der Waals surface area (Å²) in [6, 6.07) is 6.42. The molecule has 1 aliphatic rings. The minimum absolute atomic E-state index is 0.219. The molecule has 0 saturated heterocycles. The van der Waals surface area contributed by atoms with Crippen molar-refractivity contribution in [3.05, 3.63) is 41.5 Å². The van der Waals surface area contributed by atoms with Crippen LogP contribution in [0.4, 0.5) is 17.3 Å². The van der Waals surface area contributed by atoms with Gasteiger partial charge in [-0.1, -0.05) is 12.1 Å². The predicted octanol–water partition coefficient (Wildman–Crippen LogP) is 4.86. The Hall–Kier alpha value is -2.35. The number of carbonyl (C=O) groups is 1. The van der Waals surface area contributed by atoms with E-state index in [1.807, 2.05) is 0 Å². The number of rotatable bonds is 3. The summed E-state index contributed by atoms with van der Waals surface area (Å²) in [6.07, 6.45) is 1.30. The highest BCUT2D eigenvalue weighted by Crippen LogP contribution is 2.60. The summed E-state index contributed by atoms with van der Waals surface area (Å²) in [7, 11) is 1.27. The van der Waals surface area contributed by atoms with Crippen LogP contribution < -0.4 is 10.5 Å². The van der Waals surface area contributed by atoms with Crippen molar-refractivity contribution in [1.82, 2.24) is 0 Å². The smallest absolute Gasteiger partial charge is 0.340 e. The van der Waals surface area contributed by atoms with Gasteiger partial charge in [-0.15, -0.1) is 11.7 Å². The number of methoxy groups -OCH3 is 1. The lowest BCUT2D eigenvalue weighted by Crippen LogP contribution is -2.17. The number of benzene rings is 2. The second-order valence-electron chi connectivity index (χ2n) is 5.57. The molecule has 1 aliphatic heterocycles. The third-order valence-electron chi connectivity index (χ3n) is 4.05. The second-order valence-corrected chi connectivity index (χ2v) is 6.85. The highest BCUT2D eigenvalue weighted by atomic mass is 32.3. The first-order chi connectivity index (χ1) is 11.8. The Morgan fingerprint density at radius 1 is 1.24 bits per heavy atom. The van der Waals surface area contributed by atoms with Gasteiger partial charge in [0.25, 0.3) is 0 Å². The van der Waals surface area contributed by atoms with E-state index in [2.05, 4.69) is 0 Å². The minimum Gasteiger partial charge on any atom is -0.493 e. The summed E-state index contributed by atoms with van der Waals surface area (Å²) in [6.45, 7) is 0.468. The van der Waals surface area contributed by atoms with Crippen LogP contribution in [-0.2, 0) is 11.2 Å². The van der Waals surface area contributed by atoms with Gasteiger partial charge in [-0.2, -0.15) is 0 Å². The maximum Gasteiger partial charge on any atom is 0.340 e. The van der Waals surface area contributed by atoms with Crippen molar-refractivity contribution in [1.29, 1.82) is 0 Å². The standard InChI is InChI=1S/C17H16F3NO3S/c1-23-17(22)15-12-3-2-8-24-16(12)13(9-14(15)21)10-4-6-11(7-5-10)25(18,19)20/h4-7,9H,2-3,8,21H2,1H3. The van der Waals surface area contributed by atoms with Gasteiger partial charge in [-0.3, -0.25) is 0 Å². The van der Waals surface area contributed by atoms with Crippen LogP contribution in [0.25, 0.3) is 11.1 Å². The Labute approximate surface area is 144 Å². The zero-order valence-corrected chi connectivity index (χ0v) is 14.2. The molecule has 3 rings (SSSR count). The van der Waals surface area contributed by atoms with Crippen molar-refractivity contribution in [3.8, 4) is 16.9 Å². The largest absolute Gasteiger partial charge is 0.493 e. The molecule has 0 saturated carbocycles. The molecule has 2 N–H and O–H groups in total. The van der Waals surface area contributed by atoms with Crippen LogP contribution in [0.1, 0.15) is 22.3 Å². The Morgan fingerprint density at radius 3 is 2.52 bits per heavy atom. The Kier molecular flexibility index (Phi) is 4.55. The van der Waals surface area contributed by atoms with E-state index in [1.54, 1.807) is 6.07 Å². The fourth-order valence-electron chi connectivity index (χ4n) is 2.92.